The topological polar surface area (TPSA) is 17.1 Å². The fourth-order valence-corrected chi connectivity index (χ4v) is 2.55. The lowest BCUT2D eigenvalue weighted by Gasteiger charge is -2.28. The molecule has 17 heavy (non-hydrogen) atoms. The van der Waals surface area contributed by atoms with Gasteiger partial charge in [-0.3, -0.25) is 4.79 Å². The van der Waals surface area contributed by atoms with Gasteiger partial charge in [0.15, 0.2) is 0 Å². The van der Waals surface area contributed by atoms with Crippen molar-refractivity contribution >= 4 is 5.78 Å². The predicted molar refractivity (Wildman–Crippen MR) is 70.0 cm³/mol. The van der Waals surface area contributed by atoms with Crippen LogP contribution in [0.25, 0.3) is 22.3 Å². The van der Waals surface area contributed by atoms with Gasteiger partial charge in [-0.15, -0.1) is 0 Å². The highest BCUT2D eigenvalue weighted by molar-refractivity contribution is 6.05. The van der Waals surface area contributed by atoms with Crippen LogP contribution in [0.1, 0.15) is 25.3 Å². The Balaban J connectivity index is 2.18. The van der Waals surface area contributed by atoms with Crippen molar-refractivity contribution < 1.29 is 4.79 Å². The lowest BCUT2D eigenvalue weighted by molar-refractivity contribution is -0.118. The zero-order valence-corrected chi connectivity index (χ0v) is 10.0. The summed E-state index contributed by atoms with van der Waals surface area (Å²) in [5.74, 6) is 0.209. The molecule has 0 aliphatic heterocycles. The van der Waals surface area contributed by atoms with Crippen LogP contribution in [0.3, 0.4) is 0 Å². The summed E-state index contributed by atoms with van der Waals surface area (Å²) < 4.78 is 0. The zero-order chi connectivity index (χ0) is 12.0. The van der Waals surface area contributed by atoms with Crippen LogP contribution in [0, 0.1) is 0 Å². The van der Waals surface area contributed by atoms with E-state index in [1.807, 2.05) is 13.0 Å². The number of ketones is 1. The van der Waals surface area contributed by atoms with Gasteiger partial charge in [-0.2, -0.15) is 0 Å². The smallest absolute Gasteiger partial charge is 0.137 e. The quantitative estimate of drug-likeness (QED) is 0.640. The Morgan fingerprint density at radius 3 is 2.29 bits per heavy atom. The molecule has 1 unspecified atom stereocenters. The van der Waals surface area contributed by atoms with Crippen LogP contribution in [0.5, 0.6) is 0 Å². The predicted octanol–water partition coefficient (Wildman–Crippen LogP) is 4.03. The van der Waals surface area contributed by atoms with Gasteiger partial charge in [0.1, 0.15) is 5.78 Å². The van der Waals surface area contributed by atoms with Gasteiger partial charge in [-0.1, -0.05) is 49.4 Å². The number of fused-ring (bicyclic) bond motifs is 4. The Labute approximate surface area is 101 Å². The summed E-state index contributed by atoms with van der Waals surface area (Å²) in [6, 6.07) is 14.6. The van der Waals surface area contributed by atoms with Gasteiger partial charge in [0.2, 0.25) is 0 Å². The molecule has 0 aromatic heterocycles. The van der Waals surface area contributed by atoms with E-state index in [2.05, 4.69) is 36.4 Å². The van der Waals surface area contributed by atoms with E-state index >= 15 is 0 Å². The third-order valence-electron chi connectivity index (χ3n) is 3.66. The van der Waals surface area contributed by atoms with Crippen LogP contribution in [-0.4, -0.2) is 5.78 Å². The average molecular weight is 222 g/mol. The number of Topliss-reactive ketones (excluding diaryl/α,β-unsaturated/α-hetero) is 1. The van der Waals surface area contributed by atoms with Crippen molar-refractivity contribution in [3.63, 3.8) is 0 Å². The number of carbonyl (C=O) groups is 1. The molecule has 84 valence electrons. The first-order valence-electron chi connectivity index (χ1n) is 5.93. The molecule has 0 radical (unpaired) electrons. The Hall–Kier alpha value is -1.89. The van der Waals surface area contributed by atoms with Crippen LogP contribution in [0.4, 0.5) is 0 Å². The Morgan fingerprint density at radius 2 is 1.59 bits per heavy atom. The molecule has 1 nitrogen and oxygen atoms in total. The monoisotopic (exact) mass is 222 g/mol. The second-order valence-corrected chi connectivity index (χ2v) is 4.65. The standard InChI is InChI=1S/C16H14O/c1-10(11(2)17)12-8-5-9-15-13-6-3-4-7-14(13)16(12)15/h3-10H,1-2H3. The van der Waals surface area contributed by atoms with E-state index < -0.39 is 0 Å². The van der Waals surface area contributed by atoms with E-state index in [1.54, 1.807) is 6.92 Å². The van der Waals surface area contributed by atoms with E-state index in [0.29, 0.717) is 0 Å². The first kappa shape index (κ1) is 10.3. The first-order valence-corrected chi connectivity index (χ1v) is 5.93. The molecule has 1 aliphatic rings. The summed E-state index contributed by atoms with van der Waals surface area (Å²) in [7, 11) is 0. The van der Waals surface area contributed by atoms with Crippen molar-refractivity contribution in [2.45, 2.75) is 19.8 Å². The lowest BCUT2D eigenvalue weighted by atomic mass is 9.75. The molecule has 0 fully saturated rings. The van der Waals surface area contributed by atoms with E-state index in [-0.39, 0.29) is 11.7 Å². The highest BCUT2D eigenvalue weighted by Gasteiger charge is 2.27. The van der Waals surface area contributed by atoms with E-state index in [9.17, 15) is 4.79 Å². The number of hydrogen-bond donors (Lipinski definition) is 0. The lowest BCUT2D eigenvalue weighted by Crippen LogP contribution is -2.10. The molecule has 1 atom stereocenters. The molecule has 2 aromatic carbocycles. The highest BCUT2D eigenvalue weighted by Crippen LogP contribution is 2.50. The zero-order valence-electron chi connectivity index (χ0n) is 10.0. The Bertz CT molecular complexity index is 611. The van der Waals surface area contributed by atoms with Gasteiger partial charge in [-0.25, -0.2) is 0 Å². The van der Waals surface area contributed by atoms with E-state index in [4.69, 9.17) is 0 Å². The molecular formula is C16H14O. The largest absolute Gasteiger partial charge is 0.299 e. The second-order valence-electron chi connectivity index (χ2n) is 4.65. The van der Waals surface area contributed by atoms with Crippen LogP contribution >= 0.6 is 0 Å². The maximum Gasteiger partial charge on any atom is 0.137 e. The average Bonchev–Trinajstić information content (AvgIpc) is 2.34. The van der Waals surface area contributed by atoms with Crippen LogP contribution in [-0.2, 0) is 4.79 Å². The van der Waals surface area contributed by atoms with Crippen LogP contribution < -0.4 is 0 Å². The summed E-state index contributed by atoms with van der Waals surface area (Å²) >= 11 is 0. The second kappa shape index (κ2) is 3.56. The van der Waals surface area contributed by atoms with Crippen molar-refractivity contribution in [1.82, 2.24) is 0 Å². The van der Waals surface area contributed by atoms with Gasteiger partial charge < -0.3 is 0 Å². The van der Waals surface area contributed by atoms with Gasteiger partial charge in [-0.05, 0) is 34.7 Å². The highest BCUT2D eigenvalue weighted by atomic mass is 16.1. The van der Waals surface area contributed by atoms with Gasteiger partial charge in [0.25, 0.3) is 0 Å². The third kappa shape index (κ3) is 1.35. The fourth-order valence-electron chi connectivity index (χ4n) is 2.55. The minimum atomic E-state index is -0.0155. The first-order chi connectivity index (χ1) is 8.20. The molecule has 0 heterocycles. The maximum atomic E-state index is 11.5. The number of hydrogen-bond acceptors (Lipinski definition) is 1. The van der Waals surface area contributed by atoms with Gasteiger partial charge in [0.05, 0.1) is 0 Å². The molecule has 0 amide bonds. The molecule has 0 N–H and O–H groups in total. The SMILES string of the molecule is CC(=O)C(C)c1cccc2c1-c1ccccc1-2. The molecule has 1 aliphatic carbocycles. The molecule has 0 bridgehead atoms. The van der Waals surface area contributed by atoms with Crippen LogP contribution in [0.2, 0.25) is 0 Å². The Morgan fingerprint density at radius 1 is 0.941 bits per heavy atom. The van der Waals surface area contributed by atoms with Gasteiger partial charge >= 0.3 is 0 Å². The summed E-state index contributed by atoms with van der Waals surface area (Å²) in [6.07, 6.45) is 0. The number of rotatable bonds is 2. The Kier molecular flexibility index (Phi) is 2.15. The van der Waals surface area contributed by atoms with Crippen molar-refractivity contribution in [3.05, 3.63) is 48.0 Å². The van der Waals surface area contributed by atoms with Crippen molar-refractivity contribution in [2.24, 2.45) is 0 Å². The molecular weight excluding hydrogens is 208 g/mol. The summed E-state index contributed by atoms with van der Waals surface area (Å²) in [5, 5.41) is 0. The normalized spacial score (nSPS) is 13.3. The number of carbonyl (C=O) groups excluding carboxylic acids is 1. The molecule has 3 rings (SSSR count). The summed E-state index contributed by atoms with van der Waals surface area (Å²) in [4.78, 5) is 11.5. The van der Waals surface area contributed by atoms with Crippen molar-refractivity contribution in [2.75, 3.05) is 0 Å². The summed E-state index contributed by atoms with van der Waals surface area (Å²) in [5.41, 5.74) is 6.30. The molecule has 0 spiro atoms. The van der Waals surface area contributed by atoms with Crippen LogP contribution in [0.15, 0.2) is 42.5 Å². The summed E-state index contributed by atoms with van der Waals surface area (Å²) in [6.45, 7) is 3.65. The fraction of sp³-hybridized carbons (Fsp3) is 0.188. The van der Waals surface area contributed by atoms with E-state index in [0.717, 1.165) is 5.56 Å². The van der Waals surface area contributed by atoms with Crippen molar-refractivity contribution in [1.29, 1.82) is 0 Å². The maximum absolute atomic E-state index is 11.5. The third-order valence-corrected chi connectivity index (χ3v) is 3.66. The van der Waals surface area contributed by atoms with E-state index in [1.165, 1.54) is 22.3 Å². The number of benzene rings is 2. The minimum absolute atomic E-state index is 0.0155. The molecule has 0 saturated heterocycles. The van der Waals surface area contributed by atoms with Crippen molar-refractivity contribution in [3.8, 4) is 22.3 Å². The molecule has 2 aromatic rings. The molecule has 1 heteroatoms. The van der Waals surface area contributed by atoms with Gasteiger partial charge in [0, 0.05) is 5.92 Å². The minimum Gasteiger partial charge on any atom is -0.299 e. The molecule has 0 saturated carbocycles.